The largest absolute Gasteiger partial charge is 0.397 e. The third-order valence-corrected chi connectivity index (χ3v) is 11.1. The number of unbranched alkanes of at least 4 members (excludes halogenated alkanes) is 21. The van der Waals surface area contributed by atoms with Crippen molar-refractivity contribution in [1.82, 2.24) is 5.32 Å². The first-order chi connectivity index (χ1) is 27.9. The number of amides is 1. The van der Waals surface area contributed by atoms with Crippen molar-refractivity contribution in [2.45, 2.75) is 223 Å². The van der Waals surface area contributed by atoms with E-state index in [1.165, 1.54) is 109 Å². The van der Waals surface area contributed by atoms with E-state index in [0.29, 0.717) is 12.8 Å². The Kier molecular flexibility index (Phi) is 32.7. The minimum absolute atomic E-state index is 0.236. The highest BCUT2D eigenvalue weighted by Crippen LogP contribution is 2.26. The monoisotopic (exact) mass is 848 g/mol. The SMILES string of the molecule is C/C=C/CC/C=C/CC/C=C/C(O)C(COC1OC(CO)C(O)C(OS(=O)(=O)O)C1O)NC(=O)C(O)CCCCCCCCCCCCCCCCCCCCCC. The molecule has 1 rings (SSSR count). The fourth-order valence-electron chi connectivity index (χ4n) is 7.03. The number of rotatable bonds is 37. The third-order valence-electron chi connectivity index (χ3n) is 10.6. The average Bonchev–Trinajstić information content (AvgIpc) is 3.19. The van der Waals surface area contributed by atoms with Gasteiger partial charge < -0.3 is 40.3 Å². The summed E-state index contributed by atoms with van der Waals surface area (Å²) in [5, 5.41) is 54.9. The standard InChI is InChI=1S/C44H81NO12S/c1-3-5-7-9-11-13-14-15-16-17-18-19-20-21-22-23-25-27-29-31-33-38(48)43(51)45-36(37(47)32-30-28-26-24-12-10-8-6-4-2)35-55-44-41(50)42(57-58(52,53)54)40(49)39(34-46)56-44/h4,6,12,24,30,32,36-42,44,46-50H,3,5,7-11,13-23,25-29,31,33-35H2,1-2H3,(H,45,51)(H,52,53,54)/b6-4+,24-12+,32-30+. The minimum Gasteiger partial charge on any atom is -0.394 e. The third kappa shape index (κ3) is 27.2. The Morgan fingerprint density at radius 1 is 0.724 bits per heavy atom. The predicted octanol–water partition coefficient (Wildman–Crippen LogP) is 7.30. The molecule has 0 bridgehead atoms. The zero-order valence-corrected chi connectivity index (χ0v) is 36.5. The van der Waals surface area contributed by atoms with Crippen molar-refractivity contribution >= 4 is 16.3 Å². The number of aliphatic hydroxyl groups is 5. The second-order valence-corrected chi connectivity index (χ2v) is 16.8. The van der Waals surface area contributed by atoms with E-state index in [-0.39, 0.29) is 6.42 Å². The fourth-order valence-corrected chi connectivity index (χ4v) is 7.54. The summed E-state index contributed by atoms with van der Waals surface area (Å²) in [6.45, 7) is 2.95. The van der Waals surface area contributed by atoms with E-state index in [2.05, 4.69) is 28.6 Å². The van der Waals surface area contributed by atoms with Crippen LogP contribution in [0, 0.1) is 0 Å². The summed E-state index contributed by atoms with van der Waals surface area (Å²) in [7, 11) is -5.12. The maximum Gasteiger partial charge on any atom is 0.397 e. The Hall–Kier alpha value is -1.72. The van der Waals surface area contributed by atoms with E-state index in [1.807, 2.05) is 19.1 Å². The van der Waals surface area contributed by atoms with Crippen molar-refractivity contribution in [3.63, 3.8) is 0 Å². The Balaban J connectivity index is 2.49. The van der Waals surface area contributed by atoms with Crippen LogP contribution >= 0.6 is 0 Å². The molecule has 8 unspecified atom stereocenters. The van der Waals surface area contributed by atoms with Gasteiger partial charge >= 0.3 is 10.4 Å². The van der Waals surface area contributed by atoms with Crippen molar-refractivity contribution < 1.29 is 57.0 Å². The van der Waals surface area contributed by atoms with Crippen LogP contribution < -0.4 is 5.32 Å². The van der Waals surface area contributed by atoms with Crippen LogP contribution in [0.4, 0.5) is 0 Å². The number of hydrogen-bond donors (Lipinski definition) is 7. The molecule has 14 heteroatoms. The minimum atomic E-state index is -5.12. The van der Waals surface area contributed by atoms with Gasteiger partial charge in [0.05, 0.1) is 25.4 Å². The van der Waals surface area contributed by atoms with Crippen molar-refractivity contribution in [3.05, 3.63) is 36.5 Å². The van der Waals surface area contributed by atoms with Gasteiger partial charge in [-0.15, -0.1) is 0 Å². The first-order valence-electron chi connectivity index (χ1n) is 22.4. The van der Waals surface area contributed by atoms with Gasteiger partial charge in [0.25, 0.3) is 0 Å². The number of aliphatic hydroxyl groups excluding tert-OH is 5. The van der Waals surface area contributed by atoms with E-state index >= 15 is 0 Å². The van der Waals surface area contributed by atoms with E-state index in [9.17, 15) is 38.7 Å². The van der Waals surface area contributed by atoms with Gasteiger partial charge in [-0.1, -0.05) is 172 Å². The molecule has 13 nitrogen and oxygen atoms in total. The molecule has 7 N–H and O–H groups in total. The molecule has 0 aromatic heterocycles. The molecule has 0 saturated carbocycles. The first kappa shape index (κ1) is 54.3. The summed E-state index contributed by atoms with van der Waals surface area (Å²) in [6, 6.07) is -1.14. The van der Waals surface area contributed by atoms with Gasteiger partial charge in [0.15, 0.2) is 6.29 Å². The van der Waals surface area contributed by atoms with Crippen LogP contribution in [0.25, 0.3) is 0 Å². The maximum absolute atomic E-state index is 13.1. The lowest BCUT2D eigenvalue weighted by Crippen LogP contribution is -2.61. The van der Waals surface area contributed by atoms with Gasteiger partial charge in [0.1, 0.15) is 30.5 Å². The van der Waals surface area contributed by atoms with Crippen molar-refractivity contribution in [2.24, 2.45) is 0 Å². The number of nitrogens with one attached hydrogen (secondary N) is 1. The van der Waals surface area contributed by atoms with E-state index in [0.717, 1.165) is 38.5 Å². The summed E-state index contributed by atoms with van der Waals surface area (Å²) in [5.41, 5.74) is 0. The number of carbonyl (C=O) groups is 1. The number of carbonyl (C=O) groups excluding carboxylic acids is 1. The molecule has 1 amide bonds. The lowest BCUT2D eigenvalue weighted by molar-refractivity contribution is -0.298. The van der Waals surface area contributed by atoms with Crippen LogP contribution in [0.15, 0.2) is 36.5 Å². The number of ether oxygens (including phenoxy) is 2. The Morgan fingerprint density at radius 2 is 1.19 bits per heavy atom. The second kappa shape index (κ2) is 34.9. The summed E-state index contributed by atoms with van der Waals surface area (Å²) in [4.78, 5) is 13.1. The van der Waals surface area contributed by atoms with Gasteiger partial charge in [0.2, 0.25) is 5.91 Å². The lowest BCUT2D eigenvalue weighted by Gasteiger charge is -2.41. The molecule has 340 valence electrons. The Labute approximate surface area is 350 Å². The molecular weight excluding hydrogens is 767 g/mol. The Morgan fingerprint density at radius 3 is 1.66 bits per heavy atom. The number of allylic oxidation sites excluding steroid dienone is 5. The van der Waals surface area contributed by atoms with Crippen LogP contribution in [0.2, 0.25) is 0 Å². The highest BCUT2D eigenvalue weighted by Gasteiger charge is 2.48. The predicted molar refractivity (Wildman–Crippen MR) is 228 cm³/mol. The fraction of sp³-hybridized carbons (Fsp3) is 0.841. The summed E-state index contributed by atoms with van der Waals surface area (Å²) < 4.78 is 47.3. The molecule has 0 spiro atoms. The second-order valence-electron chi connectivity index (χ2n) is 15.8. The van der Waals surface area contributed by atoms with Crippen molar-refractivity contribution in [1.29, 1.82) is 0 Å². The molecule has 1 fully saturated rings. The van der Waals surface area contributed by atoms with E-state index in [1.54, 1.807) is 6.08 Å². The molecule has 1 aliphatic rings. The molecule has 1 aliphatic heterocycles. The topological polar surface area (TPSA) is 212 Å². The smallest absolute Gasteiger partial charge is 0.394 e. The highest BCUT2D eigenvalue weighted by atomic mass is 32.3. The van der Waals surface area contributed by atoms with E-state index in [4.69, 9.17) is 14.0 Å². The lowest BCUT2D eigenvalue weighted by atomic mass is 9.99. The van der Waals surface area contributed by atoms with Gasteiger partial charge in [-0.2, -0.15) is 8.42 Å². The molecule has 0 aromatic rings. The zero-order chi connectivity index (χ0) is 42.9. The molecule has 0 radical (unpaired) electrons. The van der Waals surface area contributed by atoms with Gasteiger partial charge in [-0.05, 0) is 39.0 Å². The Bertz CT molecular complexity index is 1200. The number of hydrogen-bond acceptors (Lipinski definition) is 11. The first-order valence-corrected chi connectivity index (χ1v) is 23.8. The van der Waals surface area contributed by atoms with Gasteiger partial charge in [-0.25, -0.2) is 4.18 Å². The van der Waals surface area contributed by atoms with Crippen LogP contribution in [0.5, 0.6) is 0 Å². The summed E-state index contributed by atoms with van der Waals surface area (Å²) in [6.07, 6.45) is 28.5. The van der Waals surface area contributed by atoms with Crippen LogP contribution in [-0.2, 0) is 28.9 Å². The van der Waals surface area contributed by atoms with Gasteiger partial charge in [0, 0.05) is 0 Å². The molecule has 0 aromatic carbocycles. The molecule has 1 saturated heterocycles. The average molecular weight is 848 g/mol. The maximum atomic E-state index is 13.1. The molecular formula is C44H81NO12S. The van der Waals surface area contributed by atoms with Crippen LogP contribution in [0.1, 0.15) is 174 Å². The van der Waals surface area contributed by atoms with Gasteiger partial charge in [-0.3, -0.25) is 9.35 Å². The highest BCUT2D eigenvalue weighted by molar-refractivity contribution is 7.80. The summed E-state index contributed by atoms with van der Waals surface area (Å²) in [5.74, 6) is -0.718. The summed E-state index contributed by atoms with van der Waals surface area (Å²) >= 11 is 0. The quantitative estimate of drug-likeness (QED) is 0.0187. The zero-order valence-electron chi connectivity index (χ0n) is 35.7. The van der Waals surface area contributed by atoms with Crippen molar-refractivity contribution in [2.75, 3.05) is 13.2 Å². The van der Waals surface area contributed by atoms with Crippen LogP contribution in [0.3, 0.4) is 0 Å². The van der Waals surface area contributed by atoms with E-state index < -0.39 is 78.5 Å². The molecule has 1 heterocycles. The molecule has 0 aliphatic carbocycles. The normalized spacial score (nSPS) is 22.0. The van der Waals surface area contributed by atoms with Crippen molar-refractivity contribution in [3.8, 4) is 0 Å². The molecule has 58 heavy (non-hydrogen) atoms. The van der Waals surface area contributed by atoms with Crippen LogP contribution in [-0.4, -0.2) is 107 Å². The molecule has 8 atom stereocenters.